The van der Waals surface area contributed by atoms with Crippen LogP contribution in [0.15, 0.2) is 58.5 Å². The number of halogens is 2. The Morgan fingerprint density at radius 1 is 0.647 bits per heavy atom. The van der Waals surface area contributed by atoms with Gasteiger partial charge in [0, 0.05) is 24.2 Å². The molecule has 2 aromatic carbocycles. The molecule has 2 aromatic rings. The fourth-order valence-electron chi connectivity index (χ4n) is 2.67. The number of hydrogen-bond acceptors (Lipinski definition) is 7. The Labute approximate surface area is 211 Å². The van der Waals surface area contributed by atoms with Crippen molar-refractivity contribution in [3.63, 3.8) is 0 Å². The van der Waals surface area contributed by atoms with Gasteiger partial charge in [0.15, 0.2) is 0 Å². The van der Waals surface area contributed by atoms with Crippen molar-refractivity contribution >= 4 is 35.6 Å². The summed E-state index contributed by atoms with van der Waals surface area (Å²) in [5.74, 6) is 2.48. The van der Waals surface area contributed by atoms with Gasteiger partial charge >= 0.3 is 0 Å². The molecular formula is C25H32Cl2N2O5. The van der Waals surface area contributed by atoms with E-state index in [4.69, 9.17) is 42.1 Å². The Kier molecular flexibility index (Phi) is 15.0. The van der Waals surface area contributed by atoms with Gasteiger partial charge in [0.05, 0.1) is 45.6 Å². The summed E-state index contributed by atoms with van der Waals surface area (Å²) in [6.07, 6.45) is 2.79. The zero-order chi connectivity index (χ0) is 24.3. The first-order chi connectivity index (χ1) is 16.7. The maximum atomic E-state index is 10.1. The zero-order valence-corrected chi connectivity index (χ0v) is 20.7. The molecular weight excluding hydrogens is 479 g/mol. The SMILES string of the molecule is OC(CN=Cc1ccc(OCCOCCCl)cc1)CN=Cc1ccc(OCCOCCCl)cc1. The third-order valence-electron chi connectivity index (χ3n) is 4.31. The average Bonchev–Trinajstić information content (AvgIpc) is 2.85. The van der Waals surface area contributed by atoms with Crippen LogP contribution in [0.1, 0.15) is 11.1 Å². The number of ether oxygens (including phenoxy) is 4. The van der Waals surface area contributed by atoms with E-state index >= 15 is 0 Å². The molecule has 0 spiro atoms. The van der Waals surface area contributed by atoms with E-state index < -0.39 is 6.10 Å². The lowest BCUT2D eigenvalue weighted by molar-refractivity contribution is 0.111. The second kappa shape index (κ2) is 18.2. The quantitative estimate of drug-likeness (QED) is 0.187. The molecule has 2 rings (SSSR count). The van der Waals surface area contributed by atoms with Crippen LogP contribution >= 0.6 is 23.2 Å². The number of aliphatic hydroxyl groups is 1. The van der Waals surface area contributed by atoms with Crippen molar-refractivity contribution in [1.29, 1.82) is 0 Å². The van der Waals surface area contributed by atoms with Crippen molar-refractivity contribution in [2.45, 2.75) is 6.10 Å². The molecule has 0 saturated carbocycles. The fraction of sp³-hybridized carbons (Fsp3) is 0.440. The minimum Gasteiger partial charge on any atom is -0.491 e. The lowest BCUT2D eigenvalue weighted by Gasteiger charge is -2.07. The highest BCUT2D eigenvalue weighted by Crippen LogP contribution is 2.12. The molecule has 0 aliphatic rings. The third kappa shape index (κ3) is 12.9. The summed E-state index contributed by atoms with van der Waals surface area (Å²) in [4.78, 5) is 8.59. The van der Waals surface area contributed by atoms with E-state index in [9.17, 15) is 5.11 Å². The highest BCUT2D eigenvalue weighted by Gasteiger charge is 2.01. The highest BCUT2D eigenvalue weighted by atomic mass is 35.5. The molecule has 9 heteroatoms. The second-order valence-electron chi connectivity index (χ2n) is 7.08. The molecule has 0 amide bonds. The molecule has 0 heterocycles. The summed E-state index contributed by atoms with van der Waals surface area (Å²) in [7, 11) is 0. The molecule has 0 atom stereocenters. The van der Waals surface area contributed by atoms with Gasteiger partial charge in [-0.2, -0.15) is 0 Å². The molecule has 7 nitrogen and oxygen atoms in total. The smallest absolute Gasteiger partial charge is 0.119 e. The van der Waals surface area contributed by atoms with Gasteiger partial charge in [-0.1, -0.05) is 0 Å². The van der Waals surface area contributed by atoms with Gasteiger partial charge in [-0.25, -0.2) is 0 Å². The van der Waals surface area contributed by atoms with Gasteiger partial charge in [-0.3, -0.25) is 9.98 Å². The van der Waals surface area contributed by atoms with Crippen molar-refractivity contribution in [1.82, 2.24) is 0 Å². The van der Waals surface area contributed by atoms with E-state index in [-0.39, 0.29) is 13.1 Å². The lowest BCUT2D eigenvalue weighted by Crippen LogP contribution is -2.15. The predicted octanol–water partition coefficient (Wildman–Crippen LogP) is 3.85. The van der Waals surface area contributed by atoms with Gasteiger partial charge < -0.3 is 24.1 Å². The number of rotatable bonds is 18. The van der Waals surface area contributed by atoms with E-state index in [0.29, 0.717) is 51.4 Å². The summed E-state index contributed by atoms with van der Waals surface area (Å²) >= 11 is 11.1. The number of nitrogens with zero attached hydrogens (tertiary/aromatic N) is 2. The molecule has 0 aliphatic heterocycles. The van der Waals surface area contributed by atoms with E-state index in [0.717, 1.165) is 22.6 Å². The van der Waals surface area contributed by atoms with Crippen molar-refractivity contribution in [3.05, 3.63) is 59.7 Å². The Morgan fingerprint density at radius 2 is 1.06 bits per heavy atom. The number of hydrogen-bond donors (Lipinski definition) is 1. The van der Waals surface area contributed by atoms with Gasteiger partial charge in [0.25, 0.3) is 0 Å². The van der Waals surface area contributed by atoms with Crippen LogP contribution in [0.2, 0.25) is 0 Å². The Morgan fingerprint density at radius 3 is 1.44 bits per heavy atom. The van der Waals surface area contributed by atoms with Crippen molar-refractivity contribution < 1.29 is 24.1 Å². The summed E-state index contributed by atoms with van der Waals surface area (Å²) < 4.78 is 21.7. The molecule has 34 heavy (non-hydrogen) atoms. The molecule has 0 saturated heterocycles. The van der Waals surface area contributed by atoms with Crippen LogP contribution in [0.3, 0.4) is 0 Å². The minimum atomic E-state index is -0.654. The Balaban J connectivity index is 1.63. The number of benzene rings is 2. The molecule has 0 aliphatic carbocycles. The van der Waals surface area contributed by atoms with Crippen LogP contribution in [0.5, 0.6) is 11.5 Å². The average molecular weight is 511 g/mol. The Hall–Kier alpha value is -2.16. The first-order valence-electron chi connectivity index (χ1n) is 11.1. The summed E-state index contributed by atoms with van der Waals surface area (Å²) in [5, 5.41) is 10.1. The molecule has 1 N–H and O–H groups in total. The van der Waals surface area contributed by atoms with Gasteiger partial charge in [-0.05, 0) is 59.7 Å². The van der Waals surface area contributed by atoms with E-state index in [2.05, 4.69) is 9.98 Å². The summed E-state index contributed by atoms with van der Waals surface area (Å²) in [6.45, 7) is 3.53. The van der Waals surface area contributed by atoms with Crippen LogP contribution in [0, 0.1) is 0 Å². The first kappa shape index (κ1) is 28.1. The van der Waals surface area contributed by atoms with Crippen LogP contribution in [-0.2, 0) is 9.47 Å². The van der Waals surface area contributed by atoms with Gasteiger partial charge in [0.2, 0.25) is 0 Å². The standard InChI is InChI=1S/C25H32Cl2N2O5/c26-9-11-31-13-15-33-24-5-1-21(2-6-24)17-28-19-23(30)20-29-18-22-3-7-25(8-4-22)34-16-14-32-12-10-27/h1-8,17-18,23,30H,9-16,19-20H2. The zero-order valence-electron chi connectivity index (χ0n) is 19.2. The minimum absolute atomic E-state index is 0.270. The van der Waals surface area contributed by atoms with Crippen molar-refractivity contribution in [2.24, 2.45) is 9.98 Å². The molecule has 186 valence electrons. The van der Waals surface area contributed by atoms with Crippen molar-refractivity contribution in [2.75, 3.05) is 64.5 Å². The highest BCUT2D eigenvalue weighted by molar-refractivity contribution is 6.18. The monoisotopic (exact) mass is 510 g/mol. The van der Waals surface area contributed by atoms with E-state index in [1.807, 2.05) is 48.5 Å². The summed E-state index contributed by atoms with van der Waals surface area (Å²) in [5.41, 5.74) is 1.85. The van der Waals surface area contributed by atoms with Crippen LogP contribution in [0.25, 0.3) is 0 Å². The van der Waals surface area contributed by atoms with Gasteiger partial charge in [0.1, 0.15) is 24.7 Å². The molecule has 0 unspecified atom stereocenters. The normalized spacial score (nSPS) is 12.4. The summed E-state index contributed by atoms with van der Waals surface area (Å²) in [6, 6.07) is 15.1. The first-order valence-corrected chi connectivity index (χ1v) is 12.2. The molecule has 0 fully saturated rings. The number of alkyl halides is 2. The van der Waals surface area contributed by atoms with E-state index in [1.54, 1.807) is 12.4 Å². The lowest BCUT2D eigenvalue weighted by atomic mass is 10.2. The third-order valence-corrected chi connectivity index (χ3v) is 4.62. The number of aliphatic imine (C=N–C) groups is 2. The van der Waals surface area contributed by atoms with Crippen LogP contribution in [-0.4, -0.2) is 88.1 Å². The maximum absolute atomic E-state index is 10.1. The van der Waals surface area contributed by atoms with E-state index in [1.165, 1.54) is 0 Å². The molecule has 0 bridgehead atoms. The van der Waals surface area contributed by atoms with Crippen molar-refractivity contribution in [3.8, 4) is 11.5 Å². The molecule has 0 radical (unpaired) electrons. The van der Waals surface area contributed by atoms with Gasteiger partial charge in [-0.15, -0.1) is 23.2 Å². The maximum Gasteiger partial charge on any atom is 0.119 e. The number of aliphatic hydroxyl groups excluding tert-OH is 1. The largest absolute Gasteiger partial charge is 0.491 e. The molecule has 0 aromatic heterocycles. The van der Waals surface area contributed by atoms with Crippen LogP contribution in [0.4, 0.5) is 0 Å². The fourth-order valence-corrected chi connectivity index (χ4v) is 2.89. The van der Waals surface area contributed by atoms with Crippen LogP contribution < -0.4 is 9.47 Å². The second-order valence-corrected chi connectivity index (χ2v) is 7.84. The topological polar surface area (TPSA) is 81.9 Å². The Bertz CT molecular complexity index is 763. The predicted molar refractivity (Wildman–Crippen MR) is 138 cm³/mol.